The standard InChI is InChI=1S/C16H17N9O3/c26-13-12-14(25(16(27)18-13)15-19-21-22-20-15)24(9-17-12)11-1-4-23(5-2-11)7-10-3-6-28-8-10/h3,6,8-9,11H,1-2,4-5,7H2,(H,18,26,27)(H,19,20,21,22). The molecule has 144 valence electrons. The first kappa shape index (κ1) is 16.6. The summed E-state index contributed by atoms with van der Waals surface area (Å²) < 4.78 is 8.23. The number of likely N-dealkylation sites (tertiary alicyclic amines) is 1. The molecule has 0 spiro atoms. The first-order valence-corrected chi connectivity index (χ1v) is 8.90. The normalized spacial score (nSPS) is 16.1. The van der Waals surface area contributed by atoms with Gasteiger partial charge >= 0.3 is 5.69 Å². The number of furan rings is 1. The first-order valence-electron chi connectivity index (χ1n) is 8.90. The SMILES string of the molecule is O=c1[nH]c(=O)n(-c2nn[nH]n2)c2c1ncn2C1CCN(Cc2ccoc2)CC1. The van der Waals surface area contributed by atoms with Gasteiger partial charge in [0.1, 0.15) is 0 Å². The van der Waals surface area contributed by atoms with E-state index in [9.17, 15) is 9.59 Å². The maximum Gasteiger partial charge on any atom is 0.337 e. The zero-order valence-corrected chi connectivity index (χ0v) is 14.8. The lowest BCUT2D eigenvalue weighted by Gasteiger charge is -2.32. The second-order valence-electron chi connectivity index (χ2n) is 6.77. The molecule has 0 aliphatic carbocycles. The zero-order valence-electron chi connectivity index (χ0n) is 14.8. The molecule has 0 saturated carbocycles. The molecule has 0 radical (unpaired) electrons. The summed E-state index contributed by atoms with van der Waals surface area (Å²) in [5.74, 6) is 0.0605. The maximum absolute atomic E-state index is 12.4. The number of H-pyrrole nitrogens is 2. The van der Waals surface area contributed by atoms with Gasteiger partial charge in [-0.25, -0.2) is 14.3 Å². The van der Waals surface area contributed by atoms with E-state index in [1.165, 1.54) is 4.57 Å². The van der Waals surface area contributed by atoms with Crippen LogP contribution < -0.4 is 11.2 Å². The summed E-state index contributed by atoms with van der Waals surface area (Å²) in [7, 11) is 0. The second kappa shape index (κ2) is 6.56. The third kappa shape index (κ3) is 2.74. The summed E-state index contributed by atoms with van der Waals surface area (Å²) in [6.45, 7) is 2.59. The van der Waals surface area contributed by atoms with Crippen molar-refractivity contribution in [1.82, 2.24) is 44.6 Å². The average molecular weight is 383 g/mol. The minimum atomic E-state index is -0.627. The van der Waals surface area contributed by atoms with Gasteiger partial charge in [-0.15, -0.1) is 5.10 Å². The Hall–Kier alpha value is -3.54. The van der Waals surface area contributed by atoms with Crippen molar-refractivity contribution in [3.63, 3.8) is 0 Å². The Bertz CT molecular complexity index is 1190. The first-order chi connectivity index (χ1) is 13.7. The minimum absolute atomic E-state index is 0.0605. The van der Waals surface area contributed by atoms with Crippen LogP contribution in [0.3, 0.4) is 0 Å². The van der Waals surface area contributed by atoms with Crippen LogP contribution in [0.15, 0.2) is 38.9 Å². The van der Waals surface area contributed by atoms with Crippen molar-refractivity contribution >= 4 is 11.2 Å². The van der Waals surface area contributed by atoms with Crippen LogP contribution in [0.5, 0.6) is 0 Å². The molecule has 0 atom stereocenters. The highest BCUT2D eigenvalue weighted by atomic mass is 16.3. The van der Waals surface area contributed by atoms with E-state index < -0.39 is 11.2 Å². The van der Waals surface area contributed by atoms with E-state index in [2.05, 4.69) is 35.5 Å². The van der Waals surface area contributed by atoms with Gasteiger partial charge < -0.3 is 8.98 Å². The molecule has 1 aliphatic rings. The smallest absolute Gasteiger partial charge is 0.337 e. The third-order valence-corrected chi connectivity index (χ3v) is 5.09. The van der Waals surface area contributed by atoms with Crippen LogP contribution in [0.1, 0.15) is 24.4 Å². The molecule has 1 fully saturated rings. The molecule has 2 N–H and O–H groups in total. The highest BCUT2D eigenvalue weighted by molar-refractivity contribution is 5.71. The zero-order chi connectivity index (χ0) is 19.1. The summed E-state index contributed by atoms with van der Waals surface area (Å²) in [4.78, 5) is 33.5. The van der Waals surface area contributed by atoms with E-state index in [4.69, 9.17) is 4.42 Å². The molecule has 5 rings (SSSR count). The van der Waals surface area contributed by atoms with E-state index in [0.29, 0.717) is 5.65 Å². The molecule has 28 heavy (non-hydrogen) atoms. The Balaban J connectivity index is 1.49. The third-order valence-electron chi connectivity index (χ3n) is 5.09. The summed E-state index contributed by atoms with van der Waals surface area (Å²) in [6.07, 6.45) is 6.75. The Morgan fingerprint density at radius 1 is 1.25 bits per heavy atom. The summed E-state index contributed by atoms with van der Waals surface area (Å²) >= 11 is 0. The molecule has 0 bridgehead atoms. The Labute approximate surface area is 156 Å². The van der Waals surface area contributed by atoms with E-state index >= 15 is 0 Å². The quantitative estimate of drug-likeness (QED) is 0.494. The summed E-state index contributed by atoms with van der Waals surface area (Å²) in [6, 6.07) is 2.07. The molecule has 1 saturated heterocycles. The fourth-order valence-corrected chi connectivity index (χ4v) is 3.75. The molecule has 4 aromatic rings. The van der Waals surface area contributed by atoms with E-state index in [-0.39, 0.29) is 17.5 Å². The fourth-order valence-electron chi connectivity index (χ4n) is 3.75. The van der Waals surface area contributed by atoms with Gasteiger partial charge in [0.2, 0.25) is 0 Å². The lowest BCUT2D eigenvalue weighted by atomic mass is 10.0. The van der Waals surface area contributed by atoms with Gasteiger partial charge in [-0.2, -0.15) is 5.21 Å². The number of hydrogen-bond acceptors (Lipinski definition) is 8. The number of piperidine rings is 1. The predicted octanol–water partition coefficient (Wildman–Crippen LogP) is -0.181. The fraction of sp³-hybridized carbons (Fsp3) is 0.375. The Kier molecular flexibility index (Phi) is 3.90. The van der Waals surface area contributed by atoms with Gasteiger partial charge in [-0.05, 0) is 24.1 Å². The molecule has 0 amide bonds. The Morgan fingerprint density at radius 2 is 2.11 bits per heavy atom. The van der Waals surface area contributed by atoms with Gasteiger partial charge in [0.15, 0.2) is 11.2 Å². The molecule has 12 nitrogen and oxygen atoms in total. The van der Waals surface area contributed by atoms with Crippen molar-refractivity contribution in [3.05, 3.63) is 51.3 Å². The summed E-state index contributed by atoms with van der Waals surface area (Å²) in [5, 5.41) is 13.6. The topological polar surface area (TPSA) is 144 Å². The number of rotatable bonds is 4. The monoisotopic (exact) mass is 383 g/mol. The lowest BCUT2D eigenvalue weighted by molar-refractivity contribution is 0.180. The molecule has 4 aromatic heterocycles. The van der Waals surface area contributed by atoms with Crippen LogP contribution in [0.2, 0.25) is 0 Å². The van der Waals surface area contributed by atoms with Gasteiger partial charge in [0, 0.05) is 31.2 Å². The number of aromatic nitrogens is 8. The van der Waals surface area contributed by atoms with Crippen molar-refractivity contribution in [3.8, 4) is 5.95 Å². The highest BCUT2D eigenvalue weighted by Gasteiger charge is 2.25. The second-order valence-corrected chi connectivity index (χ2v) is 6.77. The minimum Gasteiger partial charge on any atom is -0.472 e. The van der Waals surface area contributed by atoms with Crippen LogP contribution >= 0.6 is 0 Å². The van der Waals surface area contributed by atoms with E-state index in [1.807, 2.05) is 10.6 Å². The van der Waals surface area contributed by atoms with Crippen LogP contribution in [0.25, 0.3) is 17.1 Å². The van der Waals surface area contributed by atoms with Gasteiger partial charge in [0.25, 0.3) is 11.5 Å². The lowest BCUT2D eigenvalue weighted by Crippen LogP contribution is -2.35. The average Bonchev–Trinajstić information content (AvgIpc) is 3.44. The van der Waals surface area contributed by atoms with Crippen LogP contribution in [0.4, 0.5) is 0 Å². The number of aromatic amines is 2. The maximum atomic E-state index is 12.4. The van der Waals surface area contributed by atoms with Crippen molar-refractivity contribution < 1.29 is 4.42 Å². The van der Waals surface area contributed by atoms with E-state index in [1.54, 1.807) is 18.9 Å². The largest absolute Gasteiger partial charge is 0.472 e. The molecular formula is C16H17N9O3. The molecule has 12 heteroatoms. The van der Waals surface area contributed by atoms with Crippen molar-refractivity contribution in [2.75, 3.05) is 13.1 Å². The number of nitrogens with zero attached hydrogens (tertiary/aromatic N) is 7. The highest BCUT2D eigenvalue weighted by Crippen LogP contribution is 2.26. The van der Waals surface area contributed by atoms with Crippen molar-refractivity contribution in [2.24, 2.45) is 0 Å². The van der Waals surface area contributed by atoms with Gasteiger partial charge in [0.05, 0.1) is 18.9 Å². The number of nitrogens with one attached hydrogen (secondary N) is 2. The predicted molar refractivity (Wildman–Crippen MR) is 95.9 cm³/mol. The molecule has 0 unspecified atom stereocenters. The number of imidazole rings is 1. The van der Waals surface area contributed by atoms with Crippen LogP contribution in [-0.4, -0.2) is 57.7 Å². The number of fused-ring (bicyclic) bond motifs is 1. The van der Waals surface area contributed by atoms with Gasteiger partial charge in [-0.3, -0.25) is 14.7 Å². The van der Waals surface area contributed by atoms with Crippen LogP contribution in [0, 0.1) is 0 Å². The number of hydrogen-bond donors (Lipinski definition) is 2. The molecule has 0 aromatic carbocycles. The molecule has 1 aliphatic heterocycles. The van der Waals surface area contributed by atoms with Crippen LogP contribution in [-0.2, 0) is 6.54 Å². The van der Waals surface area contributed by atoms with Gasteiger partial charge in [-0.1, -0.05) is 5.10 Å². The Morgan fingerprint density at radius 3 is 2.82 bits per heavy atom. The number of tetrazole rings is 1. The van der Waals surface area contributed by atoms with Crippen molar-refractivity contribution in [1.29, 1.82) is 0 Å². The van der Waals surface area contributed by atoms with E-state index in [0.717, 1.165) is 38.0 Å². The summed E-state index contributed by atoms with van der Waals surface area (Å²) in [5.41, 5.74) is 0.534. The molecule has 5 heterocycles. The van der Waals surface area contributed by atoms with Crippen molar-refractivity contribution in [2.45, 2.75) is 25.4 Å². The molecular weight excluding hydrogens is 366 g/mol.